The molecule has 1 aromatic carbocycles. The SMILES string of the molecule is Cc1nn(C)c(C)c1CCC(=O)NC(CCC(C)C)c1ccc(Cl)cc1. The van der Waals surface area contributed by atoms with Gasteiger partial charge in [-0.2, -0.15) is 5.10 Å². The predicted octanol–water partition coefficient (Wildman–Crippen LogP) is 4.92. The van der Waals surface area contributed by atoms with Crippen molar-refractivity contribution in [2.75, 3.05) is 0 Å². The zero-order valence-electron chi connectivity index (χ0n) is 16.5. The van der Waals surface area contributed by atoms with Gasteiger partial charge >= 0.3 is 0 Å². The molecule has 0 aliphatic heterocycles. The standard InChI is InChI=1S/C21H30ClN3O/c1-14(2)6-12-20(17-7-9-18(22)10-8-17)23-21(26)13-11-19-15(3)24-25(5)16(19)4/h7-10,14,20H,6,11-13H2,1-5H3,(H,23,26). The van der Waals surface area contributed by atoms with Crippen molar-refractivity contribution in [3.8, 4) is 0 Å². The molecule has 0 bridgehead atoms. The van der Waals surface area contributed by atoms with Gasteiger partial charge in [0, 0.05) is 24.2 Å². The third kappa shape index (κ3) is 5.60. The second kappa shape index (κ2) is 9.22. The fourth-order valence-corrected chi connectivity index (χ4v) is 3.33. The maximum absolute atomic E-state index is 12.6. The summed E-state index contributed by atoms with van der Waals surface area (Å²) in [7, 11) is 1.94. The molecule has 1 unspecified atom stereocenters. The molecule has 1 heterocycles. The quantitative estimate of drug-likeness (QED) is 0.712. The molecule has 5 heteroatoms. The lowest BCUT2D eigenvalue weighted by molar-refractivity contribution is -0.121. The third-order valence-electron chi connectivity index (χ3n) is 4.90. The number of hydrogen-bond donors (Lipinski definition) is 1. The number of carbonyl (C=O) groups excluding carboxylic acids is 1. The van der Waals surface area contributed by atoms with Crippen LogP contribution in [0.15, 0.2) is 24.3 Å². The van der Waals surface area contributed by atoms with Gasteiger partial charge in [0.1, 0.15) is 0 Å². The van der Waals surface area contributed by atoms with Crippen LogP contribution in [-0.4, -0.2) is 15.7 Å². The Morgan fingerprint density at radius 3 is 2.38 bits per heavy atom. The maximum Gasteiger partial charge on any atom is 0.220 e. The monoisotopic (exact) mass is 375 g/mol. The average Bonchev–Trinajstić information content (AvgIpc) is 2.82. The average molecular weight is 376 g/mol. The molecule has 1 amide bonds. The highest BCUT2D eigenvalue weighted by atomic mass is 35.5. The molecule has 4 nitrogen and oxygen atoms in total. The van der Waals surface area contributed by atoms with Gasteiger partial charge in [-0.3, -0.25) is 9.48 Å². The van der Waals surface area contributed by atoms with Gasteiger partial charge in [-0.05, 0) is 62.3 Å². The molecule has 0 aliphatic rings. The first-order valence-electron chi connectivity index (χ1n) is 9.31. The van der Waals surface area contributed by atoms with Gasteiger partial charge in [-0.1, -0.05) is 37.6 Å². The maximum atomic E-state index is 12.6. The minimum atomic E-state index is 0.0262. The number of rotatable bonds is 8. The van der Waals surface area contributed by atoms with E-state index in [-0.39, 0.29) is 11.9 Å². The van der Waals surface area contributed by atoms with Crippen molar-refractivity contribution < 1.29 is 4.79 Å². The van der Waals surface area contributed by atoms with Crippen LogP contribution in [-0.2, 0) is 18.3 Å². The predicted molar refractivity (Wildman–Crippen MR) is 107 cm³/mol. The molecule has 2 rings (SSSR count). The van der Waals surface area contributed by atoms with Crippen LogP contribution in [0.25, 0.3) is 0 Å². The van der Waals surface area contributed by atoms with Gasteiger partial charge < -0.3 is 5.32 Å². The van der Waals surface area contributed by atoms with E-state index in [1.165, 1.54) is 5.56 Å². The molecular weight excluding hydrogens is 346 g/mol. The zero-order chi connectivity index (χ0) is 19.3. The Hall–Kier alpha value is -1.81. The summed E-state index contributed by atoms with van der Waals surface area (Å²) in [6.45, 7) is 8.45. The number of benzene rings is 1. The fourth-order valence-electron chi connectivity index (χ4n) is 3.20. The zero-order valence-corrected chi connectivity index (χ0v) is 17.2. The number of aromatic nitrogens is 2. The van der Waals surface area contributed by atoms with Crippen LogP contribution in [0.1, 0.15) is 61.7 Å². The van der Waals surface area contributed by atoms with Crippen LogP contribution in [0, 0.1) is 19.8 Å². The molecule has 0 radical (unpaired) electrons. The first-order chi connectivity index (χ1) is 12.3. The second-order valence-corrected chi connectivity index (χ2v) is 7.85. The minimum Gasteiger partial charge on any atom is -0.349 e. The molecule has 1 aromatic heterocycles. The van der Waals surface area contributed by atoms with E-state index in [0.717, 1.165) is 36.2 Å². The summed E-state index contributed by atoms with van der Waals surface area (Å²) in [4.78, 5) is 12.6. The Morgan fingerprint density at radius 1 is 1.19 bits per heavy atom. The van der Waals surface area contributed by atoms with Crippen molar-refractivity contribution in [2.45, 2.75) is 59.4 Å². The molecule has 0 spiro atoms. The van der Waals surface area contributed by atoms with E-state index in [4.69, 9.17) is 11.6 Å². The van der Waals surface area contributed by atoms with Crippen LogP contribution in [0.4, 0.5) is 0 Å². The van der Waals surface area contributed by atoms with E-state index in [1.807, 2.05) is 49.8 Å². The number of amides is 1. The summed E-state index contributed by atoms with van der Waals surface area (Å²) in [6.07, 6.45) is 3.18. The molecule has 0 saturated heterocycles. The van der Waals surface area contributed by atoms with Crippen LogP contribution < -0.4 is 5.32 Å². The van der Waals surface area contributed by atoms with Crippen molar-refractivity contribution in [1.82, 2.24) is 15.1 Å². The normalized spacial score (nSPS) is 12.4. The van der Waals surface area contributed by atoms with Gasteiger partial charge in [0.15, 0.2) is 0 Å². The number of carbonyl (C=O) groups is 1. The summed E-state index contributed by atoms with van der Waals surface area (Å²) in [5.74, 6) is 0.679. The molecule has 142 valence electrons. The van der Waals surface area contributed by atoms with E-state index < -0.39 is 0 Å². The summed E-state index contributed by atoms with van der Waals surface area (Å²) < 4.78 is 1.88. The lowest BCUT2D eigenvalue weighted by Gasteiger charge is -2.20. The van der Waals surface area contributed by atoms with Gasteiger partial charge in [-0.25, -0.2) is 0 Å². The first-order valence-corrected chi connectivity index (χ1v) is 9.69. The molecule has 1 N–H and O–H groups in total. The number of aryl methyl sites for hydroxylation is 2. The lowest BCUT2D eigenvalue weighted by atomic mass is 9.97. The van der Waals surface area contributed by atoms with E-state index in [2.05, 4.69) is 24.3 Å². The Kier molecular flexibility index (Phi) is 7.27. The largest absolute Gasteiger partial charge is 0.349 e. The molecule has 1 atom stereocenters. The molecule has 0 saturated carbocycles. The van der Waals surface area contributed by atoms with E-state index in [9.17, 15) is 4.79 Å². The fraction of sp³-hybridized carbons (Fsp3) is 0.524. The van der Waals surface area contributed by atoms with Crippen molar-refractivity contribution in [1.29, 1.82) is 0 Å². The van der Waals surface area contributed by atoms with Crippen molar-refractivity contribution in [3.63, 3.8) is 0 Å². The van der Waals surface area contributed by atoms with Gasteiger partial charge in [-0.15, -0.1) is 0 Å². The summed E-state index contributed by atoms with van der Waals surface area (Å²) in [5.41, 5.74) is 4.42. The Bertz CT molecular complexity index is 734. The Balaban J connectivity index is 2.01. The van der Waals surface area contributed by atoms with Crippen LogP contribution >= 0.6 is 11.6 Å². The highest BCUT2D eigenvalue weighted by Crippen LogP contribution is 2.23. The summed E-state index contributed by atoms with van der Waals surface area (Å²) in [5, 5.41) is 8.35. The van der Waals surface area contributed by atoms with Gasteiger partial charge in [0.25, 0.3) is 0 Å². The van der Waals surface area contributed by atoms with E-state index in [0.29, 0.717) is 17.4 Å². The number of halogens is 1. The van der Waals surface area contributed by atoms with Crippen molar-refractivity contribution in [3.05, 3.63) is 51.8 Å². The molecule has 26 heavy (non-hydrogen) atoms. The lowest BCUT2D eigenvalue weighted by Crippen LogP contribution is -2.29. The number of hydrogen-bond acceptors (Lipinski definition) is 2. The molecular formula is C21H30ClN3O. The van der Waals surface area contributed by atoms with E-state index >= 15 is 0 Å². The first kappa shape index (κ1) is 20.5. The smallest absolute Gasteiger partial charge is 0.220 e. The highest BCUT2D eigenvalue weighted by molar-refractivity contribution is 6.30. The summed E-state index contributed by atoms with van der Waals surface area (Å²) >= 11 is 6.00. The minimum absolute atomic E-state index is 0.0262. The second-order valence-electron chi connectivity index (χ2n) is 7.42. The van der Waals surface area contributed by atoms with Crippen LogP contribution in [0.5, 0.6) is 0 Å². The third-order valence-corrected chi connectivity index (χ3v) is 5.15. The topological polar surface area (TPSA) is 46.9 Å². The number of nitrogens with one attached hydrogen (secondary N) is 1. The summed E-state index contributed by atoms with van der Waals surface area (Å²) in [6, 6.07) is 7.80. The van der Waals surface area contributed by atoms with Gasteiger partial charge in [0.2, 0.25) is 5.91 Å². The molecule has 0 aliphatic carbocycles. The van der Waals surface area contributed by atoms with E-state index in [1.54, 1.807) is 0 Å². The number of nitrogens with zero attached hydrogens (tertiary/aromatic N) is 2. The highest BCUT2D eigenvalue weighted by Gasteiger charge is 2.17. The molecule has 2 aromatic rings. The van der Waals surface area contributed by atoms with Gasteiger partial charge in [0.05, 0.1) is 11.7 Å². The Morgan fingerprint density at radius 2 is 1.85 bits per heavy atom. The molecule has 0 fully saturated rings. The Labute approximate surface area is 161 Å². The van der Waals surface area contributed by atoms with Crippen LogP contribution in [0.3, 0.4) is 0 Å². The van der Waals surface area contributed by atoms with Crippen LogP contribution in [0.2, 0.25) is 5.02 Å². The van der Waals surface area contributed by atoms with Crippen molar-refractivity contribution in [2.24, 2.45) is 13.0 Å². The van der Waals surface area contributed by atoms with Crippen molar-refractivity contribution >= 4 is 17.5 Å².